The molecule has 0 aliphatic rings. The Balaban J connectivity index is 1.99. The molecule has 0 aliphatic carbocycles. The number of carbonyl (C=O) groups is 1. The van der Waals surface area contributed by atoms with E-state index in [2.05, 4.69) is 15.5 Å². The monoisotopic (exact) mass is 381 g/mol. The van der Waals surface area contributed by atoms with Gasteiger partial charge in [-0.05, 0) is 44.4 Å². The van der Waals surface area contributed by atoms with Gasteiger partial charge in [0, 0.05) is 5.75 Å². The number of hydrogen-bond donors (Lipinski definition) is 1. The van der Waals surface area contributed by atoms with Gasteiger partial charge >= 0.3 is 6.09 Å². The van der Waals surface area contributed by atoms with Gasteiger partial charge < -0.3 is 14.5 Å². The Hall–Kier alpha value is -2.09. The number of halogens is 1. The largest absolute Gasteiger partial charge is 0.444 e. The second-order valence-corrected chi connectivity index (χ2v) is 8.12. The number of nitrogens with zero attached hydrogens (tertiary/aromatic N) is 2. The van der Waals surface area contributed by atoms with Crippen molar-refractivity contribution in [3.05, 3.63) is 41.5 Å². The third-order valence-corrected chi connectivity index (χ3v) is 4.19. The van der Waals surface area contributed by atoms with Gasteiger partial charge in [0.25, 0.3) is 5.22 Å². The molecule has 0 aliphatic heterocycles. The summed E-state index contributed by atoms with van der Waals surface area (Å²) in [6.07, 6.45) is -0.532. The molecule has 2 rings (SSSR count). The molecular weight excluding hydrogens is 357 g/mol. The van der Waals surface area contributed by atoms with Crippen LogP contribution in [0.4, 0.5) is 9.18 Å². The van der Waals surface area contributed by atoms with Crippen molar-refractivity contribution in [2.45, 2.75) is 57.2 Å². The molecule has 26 heavy (non-hydrogen) atoms. The highest BCUT2D eigenvalue weighted by molar-refractivity contribution is 7.98. The number of rotatable bonds is 6. The zero-order chi connectivity index (χ0) is 19.3. The Labute approximate surface area is 156 Å². The number of carbonyl (C=O) groups excluding carboxylic acids is 1. The van der Waals surface area contributed by atoms with Crippen LogP contribution < -0.4 is 5.32 Å². The van der Waals surface area contributed by atoms with Crippen molar-refractivity contribution in [2.75, 3.05) is 0 Å². The predicted octanol–water partition coefficient (Wildman–Crippen LogP) is 4.72. The molecule has 0 fully saturated rings. The standard InChI is InChI=1S/C18H24FN3O3S/c1-11(2)14(20-16(23)25-18(3,4)5)15-21-22-17(24-15)26-10-12-6-8-13(19)9-7-12/h6-9,11,14H,10H2,1-5H3,(H,20,23). The van der Waals surface area contributed by atoms with Crippen LogP contribution in [0.5, 0.6) is 0 Å². The summed E-state index contributed by atoms with van der Waals surface area (Å²) in [5.41, 5.74) is 0.361. The summed E-state index contributed by atoms with van der Waals surface area (Å²) >= 11 is 1.35. The molecule has 0 saturated heterocycles. The van der Waals surface area contributed by atoms with Crippen molar-refractivity contribution in [2.24, 2.45) is 5.92 Å². The molecule has 8 heteroatoms. The number of thioether (sulfide) groups is 1. The smallest absolute Gasteiger partial charge is 0.408 e. The van der Waals surface area contributed by atoms with Gasteiger partial charge in [-0.25, -0.2) is 9.18 Å². The van der Waals surface area contributed by atoms with E-state index in [-0.39, 0.29) is 11.7 Å². The highest BCUT2D eigenvalue weighted by Gasteiger charge is 2.27. The lowest BCUT2D eigenvalue weighted by Gasteiger charge is -2.23. The Kier molecular flexibility index (Phi) is 6.63. The van der Waals surface area contributed by atoms with E-state index in [0.29, 0.717) is 16.9 Å². The van der Waals surface area contributed by atoms with Gasteiger partial charge in [0.1, 0.15) is 17.5 Å². The van der Waals surface area contributed by atoms with Crippen molar-refractivity contribution in [3.8, 4) is 0 Å². The number of alkyl carbamates (subject to hydrolysis) is 1. The van der Waals surface area contributed by atoms with E-state index >= 15 is 0 Å². The first kappa shape index (κ1) is 20.2. The Morgan fingerprint density at radius 2 is 1.92 bits per heavy atom. The predicted molar refractivity (Wildman–Crippen MR) is 97.2 cm³/mol. The first-order valence-electron chi connectivity index (χ1n) is 8.34. The third-order valence-electron chi connectivity index (χ3n) is 3.30. The van der Waals surface area contributed by atoms with Gasteiger partial charge in [-0.3, -0.25) is 0 Å². The normalized spacial score (nSPS) is 12.9. The van der Waals surface area contributed by atoms with Crippen LogP contribution in [0.1, 0.15) is 52.1 Å². The van der Waals surface area contributed by atoms with Gasteiger partial charge in [0.2, 0.25) is 5.89 Å². The molecule has 2 aromatic rings. The molecule has 1 aromatic heterocycles. The topological polar surface area (TPSA) is 77.2 Å². The molecule has 1 unspecified atom stereocenters. The Morgan fingerprint density at radius 3 is 2.50 bits per heavy atom. The number of aromatic nitrogens is 2. The molecule has 142 valence electrons. The number of amides is 1. The number of benzene rings is 1. The second kappa shape index (κ2) is 8.53. The molecule has 1 amide bonds. The highest BCUT2D eigenvalue weighted by atomic mass is 32.2. The Morgan fingerprint density at radius 1 is 1.27 bits per heavy atom. The minimum Gasteiger partial charge on any atom is -0.444 e. The fourth-order valence-electron chi connectivity index (χ4n) is 2.08. The first-order chi connectivity index (χ1) is 12.1. The maximum Gasteiger partial charge on any atom is 0.408 e. The fraction of sp³-hybridized carbons (Fsp3) is 0.500. The second-order valence-electron chi connectivity index (χ2n) is 7.19. The summed E-state index contributed by atoms with van der Waals surface area (Å²) in [5.74, 6) is 0.672. The maximum atomic E-state index is 12.9. The van der Waals surface area contributed by atoms with Gasteiger partial charge in [0.05, 0.1) is 0 Å². The minimum absolute atomic E-state index is 0.0397. The van der Waals surface area contributed by atoms with Crippen LogP contribution in [-0.2, 0) is 10.5 Å². The van der Waals surface area contributed by atoms with E-state index < -0.39 is 17.7 Å². The zero-order valence-corrected chi connectivity index (χ0v) is 16.4. The lowest BCUT2D eigenvalue weighted by Crippen LogP contribution is -2.37. The number of ether oxygens (including phenoxy) is 1. The minimum atomic E-state index is -0.587. The van der Waals surface area contributed by atoms with E-state index in [0.717, 1.165) is 5.56 Å². The average molecular weight is 381 g/mol. The molecule has 6 nitrogen and oxygen atoms in total. The zero-order valence-electron chi connectivity index (χ0n) is 15.6. The molecular formula is C18H24FN3O3S. The SMILES string of the molecule is CC(C)C(NC(=O)OC(C)(C)C)c1nnc(SCc2ccc(F)cc2)o1. The number of hydrogen-bond acceptors (Lipinski definition) is 6. The van der Waals surface area contributed by atoms with Gasteiger partial charge in [-0.15, -0.1) is 10.2 Å². The molecule has 1 heterocycles. The Bertz CT molecular complexity index is 726. The maximum absolute atomic E-state index is 12.9. The number of nitrogens with one attached hydrogen (secondary N) is 1. The first-order valence-corrected chi connectivity index (χ1v) is 9.33. The van der Waals surface area contributed by atoms with Crippen LogP contribution >= 0.6 is 11.8 Å². The third kappa shape index (κ3) is 6.33. The van der Waals surface area contributed by atoms with Crippen LogP contribution in [0.2, 0.25) is 0 Å². The summed E-state index contributed by atoms with van der Waals surface area (Å²) in [7, 11) is 0. The molecule has 1 aromatic carbocycles. The average Bonchev–Trinajstić information content (AvgIpc) is 2.98. The fourth-order valence-corrected chi connectivity index (χ4v) is 2.80. The van der Waals surface area contributed by atoms with Crippen LogP contribution in [0, 0.1) is 11.7 Å². The lowest BCUT2D eigenvalue weighted by molar-refractivity contribution is 0.0477. The van der Waals surface area contributed by atoms with Crippen LogP contribution in [0.25, 0.3) is 0 Å². The summed E-state index contributed by atoms with van der Waals surface area (Å²) < 4.78 is 23.9. The van der Waals surface area contributed by atoms with Gasteiger partial charge in [-0.2, -0.15) is 0 Å². The summed E-state index contributed by atoms with van der Waals surface area (Å²) in [6.45, 7) is 9.28. The van der Waals surface area contributed by atoms with Crippen molar-refractivity contribution in [1.82, 2.24) is 15.5 Å². The van der Waals surface area contributed by atoms with Crippen LogP contribution in [0.3, 0.4) is 0 Å². The summed E-state index contributed by atoms with van der Waals surface area (Å²) in [5, 5.41) is 11.2. The van der Waals surface area contributed by atoms with Crippen molar-refractivity contribution in [1.29, 1.82) is 0 Å². The summed E-state index contributed by atoms with van der Waals surface area (Å²) in [6, 6.07) is 5.79. The van der Waals surface area contributed by atoms with E-state index in [1.54, 1.807) is 32.9 Å². The van der Waals surface area contributed by atoms with Gasteiger partial charge in [0.15, 0.2) is 0 Å². The molecule has 0 spiro atoms. The van der Waals surface area contributed by atoms with E-state index in [4.69, 9.17) is 9.15 Å². The van der Waals surface area contributed by atoms with E-state index in [9.17, 15) is 9.18 Å². The van der Waals surface area contributed by atoms with E-state index in [1.807, 2.05) is 13.8 Å². The lowest BCUT2D eigenvalue weighted by atomic mass is 10.1. The molecule has 1 atom stereocenters. The molecule has 0 bridgehead atoms. The van der Waals surface area contributed by atoms with Crippen molar-refractivity contribution in [3.63, 3.8) is 0 Å². The quantitative estimate of drug-likeness (QED) is 0.730. The van der Waals surface area contributed by atoms with Gasteiger partial charge in [-0.1, -0.05) is 37.7 Å². The van der Waals surface area contributed by atoms with E-state index in [1.165, 1.54) is 23.9 Å². The van der Waals surface area contributed by atoms with Crippen molar-refractivity contribution >= 4 is 17.9 Å². The van der Waals surface area contributed by atoms with Crippen molar-refractivity contribution < 1.29 is 18.3 Å². The molecule has 1 N–H and O–H groups in total. The summed E-state index contributed by atoms with van der Waals surface area (Å²) in [4.78, 5) is 12.0. The van der Waals surface area contributed by atoms with Crippen LogP contribution in [0.15, 0.2) is 33.9 Å². The molecule has 0 radical (unpaired) electrons. The van der Waals surface area contributed by atoms with Crippen LogP contribution in [-0.4, -0.2) is 21.9 Å². The molecule has 0 saturated carbocycles. The highest BCUT2D eigenvalue weighted by Crippen LogP contribution is 2.26.